The molecule has 1 aliphatic rings. The zero-order chi connectivity index (χ0) is 16.7. The van der Waals surface area contributed by atoms with Gasteiger partial charge in [0.05, 0.1) is 0 Å². The van der Waals surface area contributed by atoms with Crippen LogP contribution in [0.3, 0.4) is 0 Å². The number of carbonyl (C=O) groups excluding carboxylic acids is 2. The highest BCUT2D eigenvalue weighted by atomic mass is 16.2. The molecule has 1 aromatic rings. The van der Waals surface area contributed by atoms with E-state index in [9.17, 15) is 9.59 Å². The van der Waals surface area contributed by atoms with Gasteiger partial charge in [-0.05, 0) is 25.5 Å². The van der Waals surface area contributed by atoms with E-state index in [1.807, 2.05) is 36.1 Å². The van der Waals surface area contributed by atoms with Crippen LogP contribution in [0.1, 0.15) is 35.7 Å². The summed E-state index contributed by atoms with van der Waals surface area (Å²) in [5.41, 5.74) is 1.78. The Balaban J connectivity index is 1.95. The molecule has 5 nitrogen and oxygen atoms in total. The van der Waals surface area contributed by atoms with Crippen molar-refractivity contribution in [2.24, 2.45) is 0 Å². The van der Waals surface area contributed by atoms with E-state index in [0.717, 1.165) is 38.2 Å². The number of amides is 2. The molecule has 5 heteroatoms. The Morgan fingerprint density at radius 3 is 2.61 bits per heavy atom. The molecule has 1 fully saturated rings. The van der Waals surface area contributed by atoms with Crippen molar-refractivity contribution in [2.45, 2.75) is 26.7 Å². The molecule has 126 valence electrons. The lowest BCUT2D eigenvalue weighted by Gasteiger charge is -2.29. The van der Waals surface area contributed by atoms with Crippen LogP contribution in [-0.2, 0) is 4.79 Å². The number of hydrogen-bond acceptors (Lipinski definition) is 3. The third kappa shape index (κ3) is 5.06. The SMILES string of the molecule is CCCN(CCC(=O)N1CCNCC1)C(=O)c1cccc(C)c1. The monoisotopic (exact) mass is 317 g/mol. The number of nitrogens with one attached hydrogen (secondary N) is 1. The van der Waals surface area contributed by atoms with Crippen molar-refractivity contribution in [3.8, 4) is 0 Å². The Kier molecular flexibility index (Phi) is 6.59. The number of nitrogens with zero attached hydrogens (tertiary/aromatic N) is 2. The predicted octanol–water partition coefficient (Wildman–Crippen LogP) is 1.67. The molecule has 0 bridgehead atoms. The Hall–Kier alpha value is -1.88. The number of hydrogen-bond donors (Lipinski definition) is 1. The van der Waals surface area contributed by atoms with Gasteiger partial charge in [-0.2, -0.15) is 0 Å². The molecule has 2 amide bonds. The average Bonchev–Trinajstić information content (AvgIpc) is 2.58. The Morgan fingerprint density at radius 1 is 1.22 bits per heavy atom. The van der Waals surface area contributed by atoms with E-state index < -0.39 is 0 Å². The number of piperazine rings is 1. The molecule has 0 unspecified atom stereocenters. The fourth-order valence-electron chi connectivity index (χ4n) is 2.85. The van der Waals surface area contributed by atoms with E-state index in [4.69, 9.17) is 0 Å². The summed E-state index contributed by atoms with van der Waals surface area (Å²) in [6, 6.07) is 7.63. The molecule has 0 aromatic heterocycles. The molecular formula is C18H27N3O2. The Bertz CT molecular complexity index is 539. The van der Waals surface area contributed by atoms with Crippen LogP contribution in [0.25, 0.3) is 0 Å². The molecule has 0 saturated carbocycles. The first-order valence-corrected chi connectivity index (χ1v) is 8.46. The van der Waals surface area contributed by atoms with Crippen LogP contribution < -0.4 is 5.32 Å². The number of aryl methyl sites for hydroxylation is 1. The molecule has 0 atom stereocenters. The second-order valence-electron chi connectivity index (χ2n) is 6.04. The van der Waals surface area contributed by atoms with Crippen LogP contribution in [-0.4, -0.2) is 60.9 Å². The summed E-state index contributed by atoms with van der Waals surface area (Å²) in [5, 5.41) is 3.24. The highest BCUT2D eigenvalue weighted by molar-refractivity contribution is 5.94. The maximum absolute atomic E-state index is 12.7. The molecule has 23 heavy (non-hydrogen) atoms. The summed E-state index contributed by atoms with van der Waals surface area (Å²) < 4.78 is 0. The lowest BCUT2D eigenvalue weighted by Crippen LogP contribution is -2.47. The molecule has 1 heterocycles. The van der Waals surface area contributed by atoms with Crippen molar-refractivity contribution in [3.05, 3.63) is 35.4 Å². The third-order valence-electron chi connectivity index (χ3n) is 4.11. The van der Waals surface area contributed by atoms with Gasteiger partial charge in [-0.3, -0.25) is 9.59 Å². The first-order valence-electron chi connectivity index (χ1n) is 8.46. The van der Waals surface area contributed by atoms with Gasteiger partial charge < -0.3 is 15.1 Å². The summed E-state index contributed by atoms with van der Waals surface area (Å²) in [4.78, 5) is 28.6. The summed E-state index contributed by atoms with van der Waals surface area (Å²) in [5.74, 6) is 0.160. The largest absolute Gasteiger partial charge is 0.340 e. The maximum atomic E-state index is 12.7. The van der Waals surface area contributed by atoms with Crippen molar-refractivity contribution in [1.82, 2.24) is 15.1 Å². The van der Waals surface area contributed by atoms with Gasteiger partial charge in [0.1, 0.15) is 0 Å². The first-order chi connectivity index (χ1) is 11.1. The van der Waals surface area contributed by atoms with Gasteiger partial charge in [0, 0.05) is 51.3 Å². The zero-order valence-electron chi connectivity index (χ0n) is 14.2. The van der Waals surface area contributed by atoms with E-state index >= 15 is 0 Å². The highest BCUT2D eigenvalue weighted by Gasteiger charge is 2.20. The van der Waals surface area contributed by atoms with Crippen LogP contribution in [0.4, 0.5) is 0 Å². The van der Waals surface area contributed by atoms with Crippen molar-refractivity contribution < 1.29 is 9.59 Å². The quantitative estimate of drug-likeness (QED) is 0.868. The number of carbonyl (C=O) groups is 2. The number of rotatable bonds is 6. The van der Waals surface area contributed by atoms with Gasteiger partial charge in [-0.1, -0.05) is 24.6 Å². The topological polar surface area (TPSA) is 52.7 Å². The van der Waals surface area contributed by atoms with E-state index in [1.54, 1.807) is 4.90 Å². The van der Waals surface area contributed by atoms with Crippen molar-refractivity contribution in [3.63, 3.8) is 0 Å². The fourth-order valence-corrected chi connectivity index (χ4v) is 2.85. The molecular weight excluding hydrogens is 290 g/mol. The van der Waals surface area contributed by atoms with E-state index in [2.05, 4.69) is 12.2 Å². The van der Waals surface area contributed by atoms with Crippen molar-refractivity contribution in [2.75, 3.05) is 39.3 Å². The molecule has 0 spiro atoms. The summed E-state index contributed by atoms with van der Waals surface area (Å²) >= 11 is 0. The van der Waals surface area contributed by atoms with Crippen LogP contribution in [0, 0.1) is 6.92 Å². The molecule has 2 rings (SSSR count). The van der Waals surface area contributed by atoms with E-state index in [-0.39, 0.29) is 11.8 Å². The van der Waals surface area contributed by atoms with Gasteiger partial charge >= 0.3 is 0 Å². The first kappa shape index (κ1) is 17.5. The van der Waals surface area contributed by atoms with Gasteiger partial charge in [0.2, 0.25) is 5.91 Å². The van der Waals surface area contributed by atoms with Crippen molar-refractivity contribution >= 4 is 11.8 Å². The summed E-state index contributed by atoms with van der Waals surface area (Å²) in [6.07, 6.45) is 1.29. The normalized spacial score (nSPS) is 14.6. The van der Waals surface area contributed by atoms with Crippen LogP contribution in [0.15, 0.2) is 24.3 Å². The third-order valence-corrected chi connectivity index (χ3v) is 4.11. The second-order valence-corrected chi connectivity index (χ2v) is 6.04. The standard InChI is InChI=1S/C18H27N3O2/c1-3-10-21(18(23)16-6-4-5-15(2)14-16)11-7-17(22)20-12-8-19-9-13-20/h4-6,14,19H,3,7-13H2,1-2H3. The molecule has 0 radical (unpaired) electrons. The molecule has 1 aromatic carbocycles. The summed E-state index contributed by atoms with van der Waals surface area (Å²) in [7, 11) is 0. The van der Waals surface area contributed by atoms with Crippen LogP contribution >= 0.6 is 0 Å². The molecule has 1 N–H and O–H groups in total. The van der Waals surface area contributed by atoms with E-state index in [0.29, 0.717) is 25.1 Å². The second kappa shape index (κ2) is 8.67. The van der Waals surface area contributed by atoms with Gasteiger partial charge in [-0.15, -0.1) is 0 Å². The number of benzene rings is 1. The fraction of sp³-hybridized carbons (Fsp3) is 0.556. The minimum absolute atomic E-state index is 0.0173. The predicted molar refractivity (Wildman–Crippen MR) is 91.4 cm³/mol. The van der Waals surface area contributed by atoms with Gasteiger partial charge in [0.15, 0.2) is 0 Å². The van der Waals surface area contributed by atoms with E-state index in [1.165, 1.54) is 0 Å². The lowest BCUT2D eigenvalue weighted by molar-refractivity contribution is -0.131. The maximum Gasteiger partial charge on any atom is 0.253 e. The molecule has 1 saturated heterocycles. The van der Waals surface area contributed by atoms with Gasteiger partial charge in [-0.25, -0.2) is 0 Å². The minimum Gasteiger partial charge on any atom is -0.340 e. The van der Waals surface area contributed by atoms with Gasteiger partial charge in [0.25, 0.3) is 5.91 Å². The molecule has 1 aliphatic heterocycles. The van der Waals surface area contributed by atoms with Crippen LogP contribution in [0.5, 0.6) is 0 Å². The highest BCUT2D eigenvalue weighted by Crippen LogP contribution is 2.10. The Labute approximate surface area is 138 Å². The lowest BCUT2D eigenvalue weighted by atomic mass is 10.1. The average molecular weight is 317 g/mol. The minimum atomic E-state index is 0.0173. The summed E-state index contributed by atoms with van der Waals surface area (Å²) in [6.45, 7) is 8.44. The molecule has 0 aliphatic carbocycles. The van der Waals surface area contributed by atoms with Crippen LogP contribution in [0.2, 0.25) is 0 Å². The van der Waals surface area contributed by atoms with Crippen molar-refractivity contribution in [1.29, 1.82) is 0 Å². The Morgan fingerprint density at radius 2 is 1.96 bits per heavy atom. The smallest absolute Gasteiger partial charge is 0.253 e. The zero-order valence-corrected chi connectivity index (χ0v) is 14.2.